The van der Waals surface area contributed by atoms with E-state index in [-0.39, 0.29) is 5.02 Å². The van der Waals surface area contributed by atoms with E-state index in [1.54, 1.807) is 23.9 Å². The minimum absolute atomic E-state index is 0.0919. The third kappa shape index (κ3) is 1.55. The molecule has 0 amide bonds. The molecule has 0 spiro atoms. The van der Waals surface area contributed by atoms with Crippen molar-refractivity contribution in [2.75, 3.05) is 0 Å². The van der Waals surface area contributed by atoms with Gasteiger partial charge in [-0.3, -0.25) is 4.55 Å². The fourth-order valence-corrected chi connectivity index (χ4v) is 2.46. The fraction of sp³-hybridized carbons (Fsp3) is 0.111. The second kappa shape index (κ2) is 3.38. The monoisotopic (exact) mass is 261 g/mol. The molecule has 5 nitrogen and oxygen atoms in total. The Morgan fingerprint density at radius 3 is 2.62 bits per heavy atom. The number of hydrogen-bond acceptors (Lipinski definition) is 3. The Labute approximate surface area is 96.6 Å². The Bertz CT molecular complexity index is 674. The van der Waals surface area contributed by atoms with Gasteiger partial charge in [-0.15, -0.1) is 0 Å². The van der Waals surface area contributed by atoms with Crippen molar-refractivity contribution in [2.45, 2.75) is 4.90 Å². The second-order valence-corrected chi connectivity index (χ2v) is 5.14. The van der Waals surface area contributed by atoms with Crippen molar-refractivity contribution < 1.29 is 18.1 Å². The van der Waals surface area contributed by atoms with Gasteiger partial charge in [0, 0.05) is 18.6 Å². The zero-order valence-electron chi connectivity index (χ0n) is 8.18. The summed E-state index contributed by atoms with van der Waals surface area (Å²) in [6, 6.07) is 2.82. The van der Waals surface area contributed by atoms with Gasteiger partial charge in [0.2, 0.25) is 0 Å². The van der Waals surface area contributed by atoms with Crippen molar-refractivity contribution in [3.05, 3.63) is 23.4 Å². The first-order valence-electron chi connectivity index (χ1n) is 4.26. The maximum Gasteiger partial charge on any atom is 0.298 e. The molecule has 0 saturated heterocycles. The molecule has 0 radical (unpaired) electrons. The molecular weight excluding hydrogens is 254 g/mol. The van der Waals surface area contributed by atoms with Gasteiger partial charge in [-0.25, -0.2) is 0 Å². The fourth-order valence-electron chi connectivity index (χ4n) is 1.53. The van der Waals surface area contributed by atoms with Gasteiger partial charge in [0.1, 0.15) is 4.90 Å². The van der Waals surface area contributed by atoms with Crippen LogP contribution >= 0.6 is 11.6 Å². The van der Waals surface area contributed by atoms with Crippen LogP contribution in [0.15, 0.2) is 23.2 Å². The molecule has 0 aliphatic rings. The molecule has 2 rings (SSSR count). The molecular formula is C9H8ClNO4S. The highest BCUT2D eigenvalue weighted by Gasteiger charge is 2.21. The Morgan fingerprint density at radius 1 is 1.44 bits per heavy atom. The van der Waals surface area contributed by atoms with Gasteiger partial charge in [0.05, 0.1) is 10.5 Å². The number of fused-ring (bicyclic) bond motifs is 1. The number of phenolic OH excluding ortho intramolecular Hbond substituents is 1. The van der Waals surface area contributed by atoms with Gasteiger partial charge in [-0.05, 0) is 12.1 Å². The van der Waals surface area contributed by atoms with Crippen LogP contribution in [0.3, 0.4) is 0 Å². The number of aromatic nitrogens is 1. The molecule has 0 unspecified atom stereocenters. The maximum atomic E-state index is 11.0. The molecule has 86 valence electrons. The number of halogens is 1. The van der Waals surface area contributed by atoms with Crippen LogP contribution in [-0.4, -0.2) is 22.6 Å². The highest BCUT2D eigenvalue weighted by molar-refractivity contribution is 7.86. The topological polar surface area (TPSA) is 79.5 Å². The Balaban J connectivity index is 2.98. The average molecular weight is 262 g/mol. The van der Waals surface area contributed by atoms with Gasteiger partial charge >= 0.3 is 0 Å². The summed E-state index contributed by atoms with van der Waals surface area (Å²) in [6.45, 7) is 0. The molecule has 1 aromatic heterocycles. The molecule has 0 bridgehead atoms. The van der Waals surface area contributed by atoms with E-state index in [1.807, 2.05) is 0 Å². The molecule has 1 heterocycles. The van der Waals surface area contributed by atoms with Crippen LogP contribution in [0.2, 0.25) is 5.02 Å². The lowest BCUT2D eigenvalue weighted by molar-refractivity contribution is 0.444. The van der Waals surface area contributed by atoms with E-state index in [1.165, 1.54) is 6.07 Å². The van der Waals surface area contributed by atoms with E-state index >= 15 is 0 Å². The van der Waals surface area contributed by atoms with Crippen LogP contribution in [0.25, 0.3) is 10.9 Å². The Kier molecular flexibility index (Phi) is 2.37. The smallest absolute Gasteiger partial charge is 0.298 e. The molecule has 0 fully saturated rings. The first kappa shape index (κ1) is 11.3. The number of benzene rings is 1. The maximum absolute atomic E-state index is 11.0. The molecule has 0 aliphatic heterocycles. The highest BCUT2D eigenvalue weighted by atomic mass is 35.5. The summed E-state index contributed by atoms with van der Waals surface area (Å²) >= 11 is 5.81. The molecule has 2 aromatic rings. The van der Waals surface area contributed by atoms with Crippen molar-refractivity contribution in [3.63, 3.8) is 0 Å². The van der Waals surface area contributed by atoms with E-state index in [4.69, 9.17) is 16.2 Å². The first-order chi connectivity index (χ1) is 7.32. The zero-order valence-corrected chi connectivity index (χ0v) is 9.75. The Morgan fingerprint density at radius 2 is 2.06 bits per heavy atom. The van der Waals surface area contributed by atoms with Gasteiger partial charge in [-0.2, -0.15) is 8.42 Å². The lowest BCUT2D eigenvalue weighted by atomic mass is 10.2. The molecule has 0 aliphatic carbocycles. The molecule has 16 heavy (non-hydrogen) atoms. The highest BCUT2D eigenvalue weighted by Crippen LogP contribution is 2.37. The summed E-state index contributed by atoms with van der Waals surface area (Å²) < 4.78 is 32.6. The molecule has 1 aromatic carbocycles. The van der Waals surface area contributed by atoms with E-state index in [0.29, 0.717) is 10.9 Å². The van der Waals surface area contributed by atoms with E-state index in [9.17, 15) is 13.5 Å². The number of nitrogens with zero attached hydrogens (tertiary/aromatic N) is 1. The molecule has 7 heteroatoms. The van der Waals surface area contributed by atoms with Crippen LogP contribution in [-0.2, 0) is 17.2 Å². The normalized spacial score (nSPS) is 12.2. The van der Waals surface area contributed by atoms with Crippen LogP contribution in [0.4, 0.5) is 0 Å². The third-order valence-corrected chi connectivity index (χ3v) is 3.59. The van der Waals surface area contributed by atoms with Crippen molar-refractivity contribution in [3.8, 4) is 5.75 Å². The van der Waals surface area contributed by atoms with Crippen molar-refractivity contribution >= 4 is 32.6 Å². The zero-order chi connectivity index (χ0) is 12.1. The first-order valence-corrected chi connectivity index (χ1v) is 6.08. The third-order valence-electron chi connectivity index (χ3n) is 2.34. The lowest BCUT2D eigenvalue weighted by Gasteiger charge is -2.05. The molecule has 0 saturated carbocycles. The van der Waals surface area contributed by atoms with Crippen molar-refractivity contribution in [2.24, 2.45) is 7.05 Å². The summed E-state index contributed by atoms with van der Waals surface area (Å²) in [7, 11) is -2.79. The van der Waals surface area contributed by atoms with Crippen LogP contribution in [0.1, 0.15) is 0 Å². The predicted molar refractivity (Wildman–Crippen MR) is 59.4 cm³/mol. The standard InChI is InChI=1S/C9H8ClNO4S/c1-11-3-2-5-6(11)4-7(16(13,14)15)9(12)8(5)10/h2-4,12H,1H3,(H,13,14,15). The predicted octanol–water partition coefficient (Wildman–Crippen LogP) is 1.78. The number of aromatic hydroxyl groups is 1. The molecule has 0 atom stereocenters. The van der Waals surface area contributed by atoms with E-state index < -0.39 is 20.8 Å². The number of hydrogen-bond donors (Lipinski definition) is 2. The van der Waals surface area contributed by atoms with Crippen LogP contribution < -0.4 is 0 Å². The average Bonchev–Trinajstić information content (AvgIpc) is 2.52. The van der Waals surface area contributed by atoms with Gasteiger partial charge in [-0.1, -0.05) is 11.6 Å². The Hall–Kier alpha value is -1.24. The van der Waals surface area contributed by atoms with E-state index in [0.717, 1.165) is 0 Å². The number of rotatable bonds is 1. The number of phenols is 1. The quantitative estimate of drug-likeness (QED) is 0.767. The van der Waals surface area contributed by atoms with Gasteiger partial charge < -0.3 is 9.67 Å². The summed E-state index contributed by atoms with van der Waals surface area (Å²) in [5.41, 5.74) is 0.510. The van der Waals surface area contributed by atoms with Crippen LogP contribution in [0, 0.1) is 0 Å². The molecule has 2 N–H and O–H groups in total. The summed E-state index contributed by atoms with van der Waals surface area (Å²) in [4.78, 5) is -0.591. The van der Waals surface area contributed by atoms with Gasteiger partial charge in [0.25, 0.3) is 10.1 Å². The second-order valence-electron chi connectivity index (χ2n) is 3.37. The summed E-state index contributed by atoms with van der Waals surface area (Å²) in [6.07, 6.45) is 1.67. The minimum Gasteiger partial charge on any atom is -0.505 e. The number of aryl methyl sites for hydroxylation is 1. The summed E-state index contributed by atoms with van der Waals surface area (Å²) in [5.74, 6) is -0.636. The summed E-state index contributed by atoms with van der Waals surface area (Å²) in [5, 5.41) is 9.99. The van der Waals surface area contributed by atoms with Gasteiger partial charge in [0.15, 0.2) is 5.75 Å². The lowest BCUT2D eigenvalue weighted by Crippen LogP contribution is -1.99. The minimum atomic E-state index is -4.49. The van der Waals surface area contributed by atoms with Crippen molar-refractivity contribution in [1.29, 1.82) is 0 Å². The SMILES string of the molecule is Cn1ccc2c(Cl)c(O)c(S(=O)(=O)O)cc21. The van der Waals surface area contributed by atoms with Crippen molar-refractivity contribution in [1.82, 2.24) is 4.57 Å². The van der Waals surface area contributed by atoms with Crippen LogP contribution in [0.5, 0.6) is 5.75 Å². The largest absolute Gasteiger partial charge is 0.505 e. The van der Waals surface area contributed by atoms with E-state index in [2.05, 4.69) is 0 Å².